The number of ether oxygens (including phenoxy) is 3. The molecule has 0 aromatic heterocycles. The Morgan fingerprint density at radius 3 is 2.15 bits per heavy atom. The Hall–Kier alpha value is -4.04. The first-order chi connectivity index (χ1) is 22.1. The van der Waals surface area contributed by atoms with Crippen LogP contribution in [0.25, 0.3) is 0 Å². The van der Waals surface area contributed by atoms with Gasteiger partial charge in [0, 0.05) is 31.3 Å². The summed E-state index contributed by atoms with van der Waals surface area (Å²) >= 11 is 0. The third kappa shape index (κ3) is 12.8. The molecule has 0 aliphatic carbocycles. The van der Waals surface area contributed by atoms with E-state index in [-0.39, 0.29) is 5.91 Å². The molecule has 3 aromatic rings. The fraction of sp³-hybridized carbons (Fsp3) is 0.474. The van der Waals surface area contributed by atoms with E-state index in [2.05, 4.69) is 31.0 Å². The average Bonchev–Trinajstić information content (AvgIpc) is 3.04. The van der Waals surface area contributed by atoms with E-state index in [0.29, 0.717) is 31.9 Å². The lowest BCUT2D eigenvalue weighted by atomic mass is 10.0. The lowest BCUT2D eigenvalue weighted by Crippen LogP contribution is -2.51. The van der Waals surface area contributed by atoms with Crippen LogP contribution < -0.4 is 19.7 Å². The van der Waals surface area contributed by atoms with Gasteiger partial charge in [-0.05, 0) is 82.1 Å². The summed E-state index contributed by atoms with van der Waals surface area (Å²) in [5.41, 5.74) is 2.01. The number of rotatable bonds is 18. The van der Waals surface area contributed by atoms with Crippen molar-refractivity contribution in [3.8, 4) is 11.5 Å². The first kappa shape index (κ1) is 36.4. The molecule has 1 N–H and O–H groups in total. The molecule has 46 heavy (non-hydrogen) atoms. The molecular formula is C38H53N3O5. The maximum atomic E-state index is 14.3. The van der Waals surface area contributed by atoms with Crippen molar-refractivity contribution in [2.45, 2.75) is 85.5 Å². The van der Waals surface area contributed by atoms with Crippen LogP contribution in [0.4, 0.5) is 10.5 Å². The van der Waals surface area contributed by atoms with Crippen molar-refractivity contribution in [1.82, 2.24) is 10.2 Å². The van der Waals surface area contributed by atoms with Crippen LogP contribution in [0.1, 0.15) is 71.9 Å². The first-order valence-electron chi connectivity index (χ1n) is 16.6. The Bertz CT molecular complexity index is 1320. The summed E-state index contributed by atoms with van der Waals surface area (Å²) in [6, 6.07) is 24.4. The van der Waals surface area contributed by atoms with Gasteiger partial charge in [-0.3, -0.25) is 4.79 Å². The van der Waals surface area contributed by atoms with Crippen LogP contribution in [0, 0.1) is 0 Å². The molecule has 2 amide bonds. The van der Waals surface area contributed by atoms with Crippen molar-refractivity contribution < 1.29 is 23.8 Å². The van der Waals surface area contributed by atoms with E-state index in [1.54, 1.807) is 25.7 Å². The predicted octanol–water partition coefficient (Wildman–Crippen LogP) is 7.65. The molecule has 3 aromatic carbocycles. The largest absolute Gasteiger partial charge is 0.493 e. The van der Waals surface area contributed by atoms with E-state index in [0.717, 1.165) is 61.5 Å². The Labute approximate surface area is 276 Å². The van der Waals surface area contributed by atoms with E-state index in [4.69, 9.17) is 14.2 Å². The summed E-state index contributed by atoms with van der Waals surface area (Å²) in [5.74, 6) is 1.24. The van der Waals surface area contributed by atoms with E-state index < -0.39 is 17.7 Å². The van der Waals surface area contributed by atoms with Gasteiger partial charge >= 0.3 is 6.09 Å². The minimum atomic E-state index is -0.846. The second-order valence-corrected chi connectivity index (χ2v) is 12.4. The third-order valence-corrected chi connectivity index (χ3v) is 7.51. The molecule has 3 rings (SSSR count). The first-order valence-corrected chi connectivity index (χ1v) is 16.6. The Morgan fingerprint density at radius 1 is 0.783 bits per heavy atom. The van der Waals surface area contributed by atoms with Crippen LogP contribution in [-0.4, -0.2) is 61.3 Å². The molecule has 8 nitrogen and oxygen atoms in total. The van der Waals surface area contributed by atoms with Gasteiger partial charge in [-0.2, -0.15) is 0 Å². The Morgan fingerprint density at radius 2 is 1.50 bits per heavy atom. The van der Waals surface area contributed by atoms with Crippen LogP contribution in [-0.2, 0) is 22.6 Å². The van der Waals surface area contributed by atoms with Crippen molar-refractivity contribution in [1.29, 1.82) is 0 Å². The van der Waals surface area contributed by atoms with Gasteiger partial charge in [-0.1, -0.05) is 75.7 Å². The summed E-state index contributed by atoms with van der Waals surface area (Å²) in [5, 5.41) is 2.87. The van der Waals surface area contributed by atoms with Gasteiger partial charge in [0.25, 0.3) is 0 Å². The molecule has 1 atom stereocenters. The quantitative estimate of drug-likeness (QED) is 0.145. The number of nitrogens with one attached hydrogen (secondary N) is 1. The van der Waals surface area contributed by atoms with Crippen LogP contribution in [0.15, 0.2) is 78.9 Å². The topological polar surface area (TPSA) is 80.3 Å². The number of hydrogen-bond donors (Lipinski definition) is 1. The number of alkyl carbamates (subject to hydrolysis) is 1. The van der Waals surface area contributed by atoms with Gasteiger partial charge in [0.15, 0.2) is 0 Å². The van der Waals surface area contributed by atoms with Crippen molar-refractivity contribution >= 4 is 17.7 Å². The Kier molecular flexibility index (Phi) is 14.9. The van der Waals surface area contributed by atoms with Crippen LogP contribution in [0.3, 0.4) is 0 Å². The molecule has 8 heteroatoms. The second kappa shape index (κ2) is 18.8. The molecule has 0 fully saturated rings. The standard InChI is InChI=1S/C38H53N3O5/c1-7-10-25-41(32-18-14-19-34(28-32)44-26-15-24-40(8-2)9-3)36(42)35(39-37(43)46-38(4,5)6)27-30-20-22-33(23-21-30)45-29-31-16-12-11-13-17-31/h11-14,16-23,28,35H,7-10,15,24-27,29H2,1-6H3,(H,39,43)/t35-/m1/s1. The molecule has 0 spiro atoms. The molecule has 0 saturated carbocycles. The van der Waals surface area contributed by atoms with Crippen molar-refractivity contribution in [3.05, 3.63) is 90.0 Å². The SMILES string of the molecule is CCCCN(C(=O)[C@@H](Cc1ccc(OCc2ccccc2)cc1)NC(=O)OC(C)(C)C)c1cccc(OCCCN(CC)CC)c1. The molecule has 0 radical (unpaired) electrons. The summed E-state index contributed by atoms with van der Waals surface area (Å²) in [6.45, 7) is 16.4. The Balaban J connectivity index is 1.78. The normalized spacial score (nSPS) is 12.0. The zero-order valence-electron chi connectivity index (χ0n) is 28.6. The molecule has 0 heterocycles. The molecular weight excluding hydrogens is 578 g/mol. The molecule has 0 bridgehead atoms. The van der Waals surface area contributed by atoms with E-state index in [1.165, 1.54) is 0 Å². The van der Waals surface area contributed by atoms with E-state index in [1.807, 2.05) is 78.9 Å². The van der Waals surface area contributed by atoms with Crippen molar-refractivity contribution in [3.63, 3.8) is 0 Å². The highest BCUT2D eigenvalue weighted by atomic mass is 16.6. The van der Waals surface area contributed by atoms with Crippen molar-refractivity contribution in [2.24, 2.45) is 0 Å². The number of carbonyl (C=O) groups excluding carboxylic acids is 2. The number of hydrogen-bond acceptors (Lipinski definition) is 6. The van der Waals surface area contributed by atoms with Gasteiger partial charge in [0.05, 0.1) is 6.61 Å². The van der Waals surface area contributed by atoms with Crippen molar-refractivity contribution in [2.75, 3.05) is 37.7 Å². The van der Waals surface area contributed by atoms with Crippen LogP contribution in [0.5, 0.6) is 11.5 Å². The minimum Gasteiger partial charge on any atom is -0.493 e. The van der Waals surface area contributed by atoms with Gasteiger partial charge in [-0.15, -0.1) is 0 Å². The zero-order chi connectivity index (χ0) is 33.4. The number of benzene rings is 3. The molecule has 0 unspecified atom stereocenters. The summed E-state index contributed by atoms with van der Waals surface area (Å²) in [6.07, 6.45) is 2.31. The number of carbonyl (C=O) groups is 2. The van der Waals surface area contributed by atoms with E-state index >= 15 is 0 Å². The molecule has 0 aliphatic rings. The number of unbranched alkanes of at least 4 members (excludes halogenated alkanes) is 1. The lowest BCUT2D eigenvalue weighted by molar-refractivity contribution is -0.120. The number of nitrogens with zero attached hydrogens (tertiary/aromatic N) is 2. The number of amides is 2. The van der Waals surface area contributed by atoms with Gasteiger partial charge in [0.1, 0.15) is 29.7 Å². The van der Waals surface area contributed by atoms with Gasteiger partial charge in [0.2, 0.25) is 5.91 Å². The zero-order valence-corrected chi connectivity index (χ0v) is 28.6. The maximum absolute atomic E-state index is 14.3. The maximum Gasteiger partial charge on any atom is 0.408 e. The van der Waals surface area contributed by atoms with Gasteiger partial charge in [-0.25, -0.2) is 4.79 Å². The summed E-state index contributed by atoms with van der Waals surface area (Å²) in [4.78, 5) is 31.4. The fourth-order valence-electron chi connectivity index (χ4n) is 4.98. The predicted molar refractivity (Wildman–Crippen MR) is 186 cm³/mol. The lowest BCUT2D eigenvalue weighted by Gasteiger charge is -2.29. The highest BCUT2D eigenvalue weighted by Gasteiger charge is 2.29. The molecule has 250 valence electrons. The monoisotopic (exact) mass is 631 g/mol. The third-order valence-electron chi connectivity index (χ3n) is 7.51. The summed E-state index contributed by atoms with van der Waals surface area (Å²) < 4.78 is 17.6. The highest BCUT2D eigenvalue weighted by Crippen LogP contribution is 2.24. The van der Waals surface area contributed by atoms with E-state index in [9.17, 15) is 9.59 Å². The fourth-order valence-corrected chi connectivity index (χ4v) is 4.98. The second-order valence-electron chi connectivity index (χ2n) is 12.4. The molecule has 0 saturated heterocycles. The highest BCUT2D eigenvalue weighted by molar-refractivity contribution is 5.99. The van der Waals surface area contributed by atoms with Gasteiger partial charge < -0.3 is 29.3 Å². The summed E-state index contributed by atoms with van der Waals surface area (Å²) in [7, 11) is 0. The smallest absolute Gasteiger partial charge is 0.408 e. The van der Waals surface area contributed by atoms with Crippen LogP contribution in [0.2, 0.25) is 0 Å². The molecule has 0 aliphatic heterocycles. The van der Waals surface area contributed by atoms with Crippen LogP contribution >= 0.6 is 0 Å². The average molecular weight is 632 g/mol. The number of anilines is 1. The minimum absolute atomic E-state index is 0.206.